The zero-order chi connectivity index (χ0) is 15.7. The fourth-order valence-corrected chi connectivity index (χ4v) is 2.67. The highest BCUT2D eigenvalue weighted by Gasteiger charge is 2.43. The molecule has 1 fully saturated rings. The monoisotopic (exact) mass is 319 g/mol. The second-order valence-electron chi connectivity index (χ2n) is 4.65. The third-order valence-corrected chi connectivity index (χ3v) is 4.11. The van der Waals surface area contributed by atoms with Crippen molar-refractivity contribution in [3.05, 3.63) is 29.6 Å². The number of aromatic nitrogens is 1. The summed E-state index contributed by atoms with van der Waals surface area (Å²) in [7, 11) is -4.46. The van der Waals surface area contributed by atoms with Crippen LogP contribution >= 0.6 is 0 Å². The molecule has 1 saturated heterocycles. The van der Waals surface area contributed by atoms with Crippen molar-refractivity contribution in [3.63, 3.8) is 0 Å². The molecule has 21 heavy (non-hydrogen) atoms. The molecule has 1 aromatic heterocycles. The highest BCUT2D eigenvalue weighted by Crippen LogP contribution is 2.26. The molecule has 116 valence electrons. The number of rotatable bonds is 4. The van der Waals surface area contributed by atoms with Crippen LogP contribution in [0, 0.1) is 0 Å². The third-order valence-electron chi connectivity index (χ3n) is 3.13. The minimum absolute atomic E-state index is 0.0645. The summed E-state index contributed by atoms with van der Waals surface area (Å²) >= 11 is 0. The molecule has 0 aromatic carbocycles. The molecule has 1 aliphatic rings. The molecule has 0 bridgehead atoms. The van der Waals surface area contributed by atoms with Gasteiger partial charge in [-0.2, -0.15) is 8.42 Å². The maximum Gasteiger partial charge on any atom is 0.283 e. The van der Waals surface area contributed by atoms with E-state index in [0.29, 0.717) is 0 Å². The Labute approximate surface area is 120 Å². The molecule has 2 heterocycles. The summed E-state index contributed by atoms with van der Waals surface area (Å²) in [6.45, 7) is -1.57. The van der Waals surface area contributed by atoms with Crippen molar-refractivity contribution in [2.75, 3.05) is 19.9 Å². The van der Waals surface area contributed by atoms with Crippen molar-refractivity contribution in [2.24, 2.45) is 5.73 Å². The summed E-state index contributed by atoms with van der Waals surface area (Å²) in [6, 6.07) is 4.20. The number of alkyl halides is 1. The van der Waals surface area contributed by atoms with E-state index in [1.165, 1.54) is 18.2 Å². The molecule has 1 aliphatic heterocycles. The topological polar surface area (TPSA) is 132 Å². The van der Waals surface area contributed by atoms with Crippen LogP contribution in [0.5, 0.6) is 0 Å². The second kappa shape index (κ2) is 5.64. The van der Waals surface area contributed by atoms with Gasteiger partial charge < -0.3 is 10.5 Å². The molecule has 2 rings (SSSR count). The van der Waals surface area contributed by atoms with Crippen molar-refractivity contribution in [1.29, 1.82) is 0 Å². The Kier molecular flexibility index (Phi) is 4.23. The minimum Gasteiger partial charge on any atom is -0.376 e. The van der Waals surface area contributed by atoms with E-state index >= 15 is 0 Å². The summed E-state index contributed by atoms with van der Waals surface area (Å²) in [5, 5.41) is 1.00. The molecule has 1 amide bonds. The maximum absolute atomic E-state index is 13.5. The number of carbonyl (C=O) groups is 1. The molecule has 0 spiro atoms. The molecule has 0 aliphatic carbocycles. The predicted octanol–water partition coefficient (Wildman–Crippen LogP) is -0.821. The second-order valence-corrected chi connectivity index (χ2v) is 6.25. The van der Waals surface area contributed by atoms with E-state index < -0.39 is 33.6 Å². The largest absolute Gasteiger partial charge is 0.376 e. The van der Waals surface area contributed by atoms with Crippen LogP contribution in [-0.2, 0) is 20.4 Å². The van der Waals surface area contributed by atoms with Crippen LogP contribution in [0.3, 0.4) is 0 Å². The van der Waals surface area contributed by atoms with Crippen molar-refractivity contribution < 1.29 is 26.9 Å². The van der Waals surface area contributed by atoms with E-state index in [0.717, 1.165) is 0 Å². The van der Waals surface area contributed by atoms with Gasteiger partial charge in [-0.3, -0.25) is 14.7 Å². The Morgan fingerprint density at radius 3 is 2.90 bits per heavy atom. The van der Waals surface area contributed by atoms with Crippen molar-refractivity contribution in [2.45, 2.75) is 10.9 Å². The first-order chi connectivity index (χ1) is 9.78. The quantitative estimate of drug-likeness (QED) is 0.618. The van der Waals surface area contributed by atoms with Gasteiger partial charge in [-0.05, 0) is 12.1 Å². The van der Waals surface area contributed by atoms with Gasteiger partial charge in [0.1, 0.15) is 17.9 Å². The number of nitrogens with one attached hydrogen (secondary N) is 1. The molecule has 1 aromatic rings. The number of carbonyl (C=O) groups excluding carboxylic acids is 1. The fourth-order valence-electron chi connectivity index (χ4n) is 2.02. The normalized spacial score (nSPS) is 26.5. The van der Waals surface area contributed by atoms with E-state index in [-0.39, 0.29) is 24.6 Å². The number of nitrogens with zero attached hydrogens (tertiary/aromatic N) is 1. The Hall–Kier alpha value is -1.62. The van der Waals surface area contributed by atoms with Gasteiger partial charge in [-0.25, -0.2) is 9.37 Å². The highest BCUT2D eigenvalue weighted by molar-refractivity contribution is 7.86. The minimum atomic E-state index is -4.46. The van der Waals surface area contributed by atoms with E-state index in [9.17, 15) is 17.6 Å². The van der Waals surface area contributed by atoms with E-state index in [1.807, 2.05) is 0 Å². The average Bonchev–Trinajstić information content (AvgIpc) is 2.46. The van der Waals surface area contributed by atoms with Crippen LogP contribution in [0.25, 0.3) is 0 Å². The number of hydrogen-bond donors (Lipinski definition) is 3. The molecule has 4 N–H and O–H groups in total. The van der Waals surface area contributed by atoms with Gasteiger partial charge in [0.05, 0.1) is 18.9 Å². The van der Waals surface area contributed by atoms with Crippen LogP contribution in [0.4, 0.5) is 4.39 Å². The number of hydrogen-bond acceptors (Lipinski definition) is 6. The Balaban J connectivity index is 2.41. The molecule has 10 heteroatoms. The Morgan fingerprint density at radius 1 is 1.62 bits per heavy atom. The Morgan fingerprint density at radius 2 is 2.33 bits per heavy atom. The molecule has 8 nitrogen and oxygen atoms in total. The summed E-state index contributed by atoms with van der Waals surface area (Å²) in [4.78, 5) is 15.1. The van der Waals surface area contributed by atoms with E-state index in [1.54, 1.807) is 0 Å². The van der Waals surface area contributed by atoms with Gasteiger partial charge in [-0.15, -0.1) is 0 Å². The number of morpholine rings is 1. The maximum atomic E-state index is 13.5. The lowest BCUT2D eigenvalue weighted by atomic mass is 9.95. The van der Waals surface area contributed by atoms with Crippen molar-refractivity contribution in [1.82, 2.24) is 10.3 Å². The van der Waals surface area contributed by atoms with Gasteiger partial charge in [0, 0.05) is 0 Å². The van der Waals surface area contributed by atoms with Gasteiger partial charge >= 0.3 is 0 Å². The number of amides is 1. The third kappa shape index (κ3) is 3.18. The van der Waals surface area contributed by atoms with Crippen LogP contribution in [-0.4, -0.2) is 49.1 Å². The smallest absolute Gasteiger partial charge is 0.283 e. The molecular formula is C11H14FN3O5S. The lowest BCUT2D eigenvalue weighted by Crippen LogP contribution is -2.60. The lowest BCUT2D eigenvalue weighted by Gasteiger charge is -2.38. The first-order valence-corrected chi connectivity index (χ1v) is 7.44. The number of ether oxygens (including phenoxy) is 1. The number of primary amides is 1. The summed E-state index contributed by atoms with van der Waals surface area (Å²) < 4.78 is 50.1. The number of nitrogens with two attached hydrogens (primary N) is 1. The molecule has 2 unspecified atom stereocenters. The molecule has 0 radical (unpaired) electrons. The first kappa shape index (κ1) is 15.8. The van der Waals surface area contributed by atoms with Crippen molar-refractivity contribution >= 4 is 16.0 Å². The zero-order valence-electron chi connectivity index (χ0n) is 10.8. The first-order valence-electron chi connectivity index (χ1n) is 5.93. The number of pyridine rings is 1. The van der Waals surface area contributed by atoms with E-state index in [2.05, 4.69) is 10.3 Å². The highest BCUT2D eigenvalue weighted by atomic mass is 32.2. The van der Waals surface area contributed by atoms with Gasteiger partial charge in [-0.1, -0.05) is 6.07 Å². The van der Waals surface area contributed by atoms with Gasteiger partial charge in [0.25, 0.3) is 16.0 Å². The van der Waals surface area contributed by atoms with Gasteiger partial charge in [0.2, 0.25) is 0 Å². The van der Waals surface area contributed by atoms with Crippen LogP contribution in [0.1, 0.15) is 16.2 Å². The Bertz CT molecular complexity index is 653. The summed E-state index contributed by atoms with van der Waals surface area (Å²) in [5.74, 6) is -0.797. The zero-order valence-corrected chi connectivity index (χ0v) is 11.6. The van der Waals surface area contributed by atoms with Gasteiger partial charge in [0.15, 0.2) is 5.37 Å². The van der Waals surface area contributed by atoms with Crippen LogP contribution in [0.2, 0.25) is 0 Å². The van der Waals surface area contributed by atoms with Crippen molar-refractivity contribution in [3.8, 4) is 0 Å². The van der Waals surface area contributed by atoms with Crippen LogP contribution < -0.4 is 11.1 Å². The molecular weight excluding hydrogens is 305 g/mol. The average molecular weight is 319 g/mol. The predicted molar refractivity (Wildman–Crippen MR) is 69.7 cm³/mol. The fraction of sp³-hybridized carbons (Fsp3) is 0.455. The molecule has 0 saturated carbocycles. The number of halogens is 1. The standard InChI is InChI=1S/C11H14FN3O5S/c12-5-11(6-20-4-9(15-11)21(17,18)19)8-3-1-2-7(14-8)10(13)16/h1-3,9,15H,4-6H2,(H2,13,16)(H,17,18,19). The molecule has 2 atom stereocenters. The van der Waals surface area contributed by atoms with Crippen LogP contribution in [0.15, 0.2) is 18.2 Å². The van der Waals surface area contributed by atoms with E-state index in [4.69, 9.17) is 15.0 Å². The summed E-state index contributed by atoms with van der Waals surface area (Å²) in [5.41, 5.74) is 3.51. The SMILES string of the molecule is NC(=O)c1cccc(C2(CF)COCC(S(=O)(=O)O)N2)n1. The lowest BCUT2D eigenvalue weighted by molar-refractivity contribution is -0.000150. The summed E-state index contributed by atoms with van der Waals surface area (Å²) in [6.07, 6.45) is 0.